The van der Waals surface area contributed by atoms with E-state index in [2.05, 4.69) is 11.0 Å². The summed E-state index contributed by atoms with van der Waals surface area (Å²) < 4.78 is 18.6. The standard InChI is InChI=1S/C13H17ClN2O2S/c14-12-3-1-2-11(8-12)4-5-15-6-7-16-13(9-15)10-18-19(16)17/h1-3,8,13H,4-7,9-10H2/t13-,19?/m0/s1. The molecule has 0 amide bonds. The lowest BCUT2D eigenvalue weighted by molar-refractivity contribution is 0.143. The topological polar surface area (TPSA) is 32.8 Å². The van der Waals surface area contributed by atoms with Crippen LogP contribution in [0.4, 0.5) is 0 Å². The lowest BCUT2D eigenvalue weighted by atomic mass is 10.1. The van der Waals surface area contributed by atoms with Crippen LogP contribution in [-0.2, 0) is 21.9 Å². The van der Waals surface area contributed by atoms with Crippen molar-refractivity contribution >= 4 is 22.9 Å². The smallest absolute Gasteiger partial charge is 0.237 e. The zero-order valence-corrected chi connectivity index (χ0v) is 12.2. The maximum Gasteiger partial charge on any atom is 0.237 e. The summed E-state index contributed by atoms with van der Waals surface area (Å²) in [6, 6.07) is 8.30. The van der Waals surface area contributed by atoms with Crippen molar-refractivity contribution in [2.24, 2.45) is 0 Å². The third kappa shape index (κ3) is 3.17. The van der Waals surface area contributed by atoms with Crippen LogP contribution in [0.5, 0.6) is 0 Å². The third-order valence-corrected chi connectivity index (χ3v) is 5.11. The molecule has 2 heterocycles. The third-order valence-electron chi connectivity index (χ3n) is 3.67. The molecule has 19 heavy (non-hydrogen) atoms. The number of nitrogens with zero attached hydrogens (tertiary/aromatic N) is 2. The molecule has 0 saturated carbocycles. The number of hydrogen-bond acceptors (Lipinski definition) is 3. The second-order valence-electron chi connectivity index (χ2n) is 4.98. The molecule has 4 nitrogen and oxygen atoms in total. The van der Waals surface area contributed by atoms with Crippen molar-refractivity contribution in [3.05, 3.63) is 34.9 Å². The Morgan fingerprint density at radius 1 is 1.42 bits per heavy atom. The summed E-state index contributed by atoms with van der Waals surface area (Å²) in [6.07, 6.45) is 0.997. The molecule has 2 aliphatic rings. The van der Waals surface area contributed by atoms with Gasteiger partial charge >= 0.3 is 0 Å². The van der Waals surface area contributed by atoms with Gasteiger partial charge in [0.15, 0.2) is 0 Å². The van der Waals surface area contributed by atoms with Crippen molar-refractivity contribution in [2.45, 2.75) is 12.5 Å². The Kier molecular flexibility index (Phi) is 4.19. The highest BCUT2D eigenvalue weighted by Gasteiger charge is 2.36. The molecular weight excluding hydrogens is 284 g/mol. The molecule has 6 heteroatoms. The van der Waals surface area contributed by atoms with Crippen LogP contribution < -0.4 is 0 Å². The summed E-state index contributed by atoms with van der Waals surface area (Å²) >= 11 is 4.78. The lowest BCUT2D eigenvalue weighted by Crippen LogP contribution is -2.51. The van der Waals surface area contributed by atoms with Gasteiger partial charge < -0.3 is 4.90 Å². The van der Waals surface area contributed by atoms with Gasteiger partial charge in [-0.2, -0.15) is 4.31 Å². The minimum atomic E-state index is -1.21. The Bertz CT molecular complexity index is 485. The van der Waals surface area contributed by atoms with E-state index in [0.29, 0.717) is 6.61 Å². The van der Waals surface area contributed by atoms with Gasteiger partial charge in [0.25, 0.3) is 0 Å². The highest BCUT2D eigenvalue weighted by molar-refractivity contribution is 7.78. The van der Waals surface area contributed by atoms with E-state index in [0.717, 1.165) is 37.6 Å². The fourth-order valence-corrected chi connectivity index (χ4v) is 3.85. The molecule has 0 aliphatic carbocycles. The van der Waals surface area contributed by atoms with Crippen LogP contribution in [0, 0.1) is 0 Å². The van der Waals surface area contributed by atoms with Crippen LogP contribution in [0.25, 0.3) is 0 Å². The zero-order valence-electron chi connectivity index (χ0n) is 10.6. The number of rotatable bonds is 3. The van der Waals surface area contributed by atoms with E-state index in [-0.39, 0.29) is 6.04 Å². The maximum absolute atomic E-state index is 11.5. The van der Waals surface area contributed by atoms with Gasteiger partial charge in [0.05, 0.1) is 12.6 Å². The van der Waals surface area contributed by atoms with Gasteiger partial charge in [0, 0.05) is 31.2 Å². The van der Waals surface area contributed by atoms with E-state index in [1.807, 2.05) is 22.5 Å². The summed E-state index contributed by atoms with van der Waals surface area (Å²) in [5, 5.41) is 0.793. The average molecular weight is 301 g/mol. The molecule has 0 N–H and O–H groups in total. The molecule has 0 bridgehead atoms. The Morgan fingerprint density at radius 3 is 3.16 bits per heavy atom. The molecule has 0 radical (unpaired) electrons. The molecule has 0 aromatic heterocycles. The van der Waals surface area contributed by atoms with Crippen LogP contribution >= 0.6 is 11.6 Å². The molecule has 1 aromatic rings. The van der Waals surface area contributed by atoms with Crippen molar-refractivity contribution in [1.29, 1.82) is 0 Å². The zero-order chi connectivity index (χ0) is 13.2. The van der Waals surface area contributed by atoms with Crippen LogP contribution in [0.3, 0.4) is 0 Å². The molecule has 3 rings (SSSR count). The highest BCUT2D eigenvalue weighted by Crippen LogP contribution is 2.20. The Labute approximate surface area is 121 Å². The second kappa shape index (κ2) is 5.89. The SMILES string of the molecule is O=S1OC[C@@H]2CN(CCc3cccc(Cl)c3)CCN21. The van der Waals surface area contributed by atoms with E-state index in [1.165, 1.54) is 5.56 Å². The summed E-state index contributed by atoms with van der Waals surface area (Å²) in [5.41, 5.74) is 1.26. The van der Waals surface area contributed by atoms with E-state index in [9.17, 15) is 4.21 Å². The van der Waals surface area contributed by atoms with Gasteiger partial charge in [-0.25, -0.2) is 4.21 Å². The Hall–Kier alpha value is -0.460. The fraction of sp³-hybridized carbons (Fsp3) is 0.538. The van der Waals surface area contributed by atoms with Crippen LogP contribution in [0.15, 0.2) is 24.3 Å². The highest BCUT2D eigenvalue weighted by atomic mass is 35.5. The number of piperazine rings is 1. The summed E-state index contributed by atoms with van der Waals surface area (Å²) in [6.45, 7) is 4.31. The van der Waals surface area contributed by atoms with E-state index < -0.39 is 11.3 Å². The molecule has 0 spiro atoms. The molecular formula is C13H17ClN2O2S. The van der Waals surface area contributed by atoms with Crippen molar-refractivity contribution in [3.63, 3.8) is 0 Å². The first-order valence-electron chi connectivity index (χ1n) is 6.51. The van der Waals surface area contributed by atoms with E-state index >= 15 is 0 Å². The van der Waals surface area contributed by atoms with E-state index in [4.69, 9.17) is 15.8 Å². The summed E-state index contributed by atoms with van der Waals surface area (Å²) in [5.74, 6) is 0. The van der Waals surface area contributed by atoms with Gasteiger partial charge in [-0.15, -0.1) is 0 Å². The van der Waals surface area contributed by atoms with Gasteiger partial charge in [-0.05, 0) is 24.1 Å². The predicted molar refractivity (Wildman–Crippen MR) is 76.2 cm³/mol. The first-order chi connectivity index (χ1) is 9.22. The summed E-state index contributed by atoms with van der Waals surface area (Å²) in [7, 11) is 0. The minimum Gasteiger partial charge on any atom is -0.300 e. The average Bonchev–Trinajstić information content (AvgIpc) is 2.78. The first-order valence-corrected chi connectivity index (χ1v) is 7.92. The molecule has 2 saturated heterocycles. The minimum absolute atomic E-state index is 0.286. The number of halogens is 1. The van der Waals surface area contributed by atoms with Crippen molar-refractivity contribution in [2.75, 3.05) is 32.8 Å². The number of benzene rings is 1. The fourth-order valence-electron chi connectivity index (χ4n) is 2.62. The Balaban J connectivity index is 1.53. The molecule has 2 fully saturated rings. The van der Waals surface area contributed by atoms with Crippen LogP contribution in [-0.4, -0.2) is 52.2 Å². The van der Waals surface area contributed by atoms with Crippen molar-refractivity contribution < 1.29 is 8.39 Å². The Morgan fingerprint density at radius 2 is 2.32 bits per heavy atom. The van der Waals surface area contributed by atoms with Gasteiger partial charge in [-0.1, -0.05) is 23.7 Å². The molecule has 2 aliphatic heterocycles. The van der Waals surface area contributed by atoms with Crippen LogP contribution in [0.1, 0.15) is 5.56 Å². The monoisotopic (exact) mass is 300 g/mol. The lowest BCUT2D eigenvalue weighted by Gasteiger charge is -2.34. The largest absolute Gasteiger partial charge is 0.300 e. The van der Waals surface area contributed by atoms with Crippen LogP contribution in [0.2, 0.25) is 5.02 Å². The van der Waals surface area contributed by atoms with Gasteiger partial charge in [0.1, 0.15) is 0 Å². The van der Waals surface area contributed by atoms with Crippen molar-refractivity contribution in [1.82, 2.24) is 9.21 Å². The molecule has 104 valence electrons. The quantitative estimate of drug-likeness (QED) is 0.848. The number of hydrogen-bond donors (Lipinski definition) is 0. The summed E-state index contributed by atoms with van der Waals surface area (Å²) in [4.78, 5) is 2.41. The molecule has 2 atom stereocenters. The normalized spacial score (nSPS) is 28.5. The van der Waals surface area contributed by atoms with Gasteiger partial charge in [-0.3, -0.25) is 4.18 Å². The molecule has 1 unspecified atom stereocenters. The van der Waals surface area contributed by atoms with Crippen molar-refractivity contribution in [3.8, 4) is 0 Å². The second-order valence-corrected chi connectivity index (χ2v) is 6.55. The molecule has 1 aromatic carbocycles. The first kappa shape index (κ1) is 13.5. The van der Waals surface area contributed by atoms with Gasteiger partial charge in [0.2, 0.25) is 11.3 Å². The van der Waals surface area contributed by atoms with E-state index in [1.54, 1.807) is 0 Å². The number of fused-ring (bicyclic) bond motifs is 1. The predicted octanol–water partition coefficient (Wildman–Crippen LogP) is 1.48. The maximum atomic E-state index is 11.5.